The normalized spacial score (nSPS) is 11.9. The topological polar surface area (TPSA) is 40.5 Å². The van der Waals surface area contributed by atoms with Crippen molar-refractivity contribution in [3.8, 4) is 5.69 Å². The Hall–Kier alpha value is -1.87. The van der Waals surface area contributed by atoms with Crippen LogP contribution < -0.4 is 5.44 Å². The van der Waals surface area contributed by atoms with Gasteiger partial charge in [-0.1, -0.05) is 36.4 Å². The number of para-hydroxylation sites is 2. The third-order valence-corrected chi connectivity index (χ3v) is 5.32. The first-order valence-electron chi connectivity index (χ1n) is 6.57. The summed E-state index contributed by atoms with van der Waals surface area (Å²) in [4.78, 5) is 0. The molecule has 0 spiro atoms. The molecule has 5 heteroatoms. The van der Waals surface area contributed by atoms with Gasteiger partial charge in [-0.3, -0.25) is 4.57 Å². The lowest BCUT2D eigenvalue weighted by Crippen LogP contribution is -2.17. The summed E-state index contributed by atoms with van der Waals surface area (Å²) in [5.41, 5.74) is 2.41. The third-order valence-electron chi connectivity index (χ3n) is 3.47. The Bertz CT molecular complexity index is 803. The molecule has 0 N–H and O–H groups in total. The lowest BCUT2D eigenvalue weighted by Gasteiger charge is -2.17. The second-order valence-corrected chi connectivity index (χ2v) is 6.78. The minimum absolute atomic E-state index is 0.528. The molecule has 3 aromatic rings. The van der Waals surface area contributed by atoms with Crippen LogP contribution in [0.3, 0.4) is 0 Å². The van der Waals surface area contributed by atoms with E-state index in [9.17, 15) is 4.57 Å². The molecule has 4 nitrogen and oxygen atoms in total. The first-order valence-corrected chi connectivity index (χ1v) is 8.12. The third kappa shape index (κ3) is 2.32. The van der Waals surface area contributed by atoms with E-state index in [0.29, 0.717) is 5.44 Å². The molecule has 2 aromatic carbocycles. The van der Waals surface area contributed by atoms with E-state index in [4.69, 9.17) is 9.05 Å². The van der Waals surface area contributed by atoms with Gasteiger partial charge >= 0.3 is 7.60 Å². The number of nitrogens with zero attached hydrogens (tertiary/aromatic N) is 1. The molecule has 1 aromatic heterocycles. The Labute approximate surface area is 123 Å². The van der Waals surface area contributed by atoms with E-state index >= 15 is 0 Å². The maximum absolute atomic E-state index is 12.9. The van der Waals surface area contributed by atoms with Gasteiger partial charge in [0.25, 0.3) is 0 Å². The van der Waals surface area contributed by atoms with Crippen LogP contribution in [0, 0.1) is 0 Å². The number of benzene rings is 2. The fourth-order valence-corrected chi connectivity index (χ4v) is 3.74. The molecule has 3 rings (SSSR count). The van der Waals surface area contributed by atoms with Gasteiger partial charge in [0.2, 0.25) is 0 Å². The molecule has 0 amide bonds. The monoisotopic (exact) mass is 301 g/mol. The highest BCUT2D eigenvalue weighted by atomic mass is 31.2. The molecule has 0 bridgehead atoms. The van der Waals surface area contributed by atoms with E-state index < -0.39 is 7.60 Å². The van der Waals surface area contributed by atoms with Crippen LogP contribution in [0.5, 0.6) is 0 Å². The van der Waals surface area contributed by atoms with Gasteiger partial charge in [-0.15, -0.1) is 0 Å². The number of hydrogen-bond acceptors (Lipinski definition) is 3. The molecule has 0 atom stereocenters. The van der Waals surface area contributed by atoms with Gasteiger partial charge in [-0.25, -0.2) is 0 Å². The fraction of sp³-hybridized carbons (Fsp3) is 0.125. The Morgan fingerprint density at radius 3 is 2.19 bits per heavy atom. The number of rotatable bonds is 4. The SMILES string of the molecule is COP(=O)(OC)c1cc2ccccc2n1-c1ccccc1. The zero-order valence-electron chi connectivity index (χ0n) is 11.9. The minimum Gasteiger partial charge on any atom is -0.308 e. The maximum Gasteiger partial charge on any atom is 0.377 e. The Kier molecular flexibility index (Phi) is 3.68. The van der Waals surface area contributed by atoms with Crippen molar-refractivity contribution in [3.05, 3.63) is 60.7 Å². The van der Waals surface area contributed by atoms with E-state index in [1.54, 1.807) is 0 Å². The van der Waals surface area contributed by atoms with Gasteiger partial charge in [-0.05, 0) is 24.3 Å². The summed E-state index contributed by atoms with van der Waals surface area (Å²) >= 11 is 0. The highest BCUT2D eigenvalue weighted by molar-refractivity contribution is 7.62. The van der Waals surface area contributed by atoms with Gasteiger partial charge < -0.3 is 13.6 Å². The van der Waals surface area contributed by atoms with Crippen LogP contribution in [-0.2, 0) is 13.6 Å². The van der Waals surface area contributed by atoms with Crippen LogP contribution in [0.1, 0.15) is 0 Å². The number of fused-ring (bicyclic) bond motifs is 1. The van der Waals surface area contributed by atoms with Crippen LogP contribution in [0.2, 0.25) is 0 Å². The molecule has 108 valence electrons. The second-order valence-electron chi connectivity index (χ2n) is 4.59. The zero-order chi connectivity index (χ0) is 14.9. The molecule has 0 aliphatic rings. The fourth-order valence-electron chi connectivity index (χ4n) is 2.45. The predicted octanol–water partition coefficient (Wildman–Crippen LogP) is 3.74. The van der Waals surface area contributed by atoms with E-state index in [1.165, 1.54) is 14.2 Å². The summed E-state index contributed by atoms with van der Waals surface area (Å²) in [5, 5.41) is 0.991. The van der Waals surface area contributed by atoms with Crippen molar-refractivity contribution in [1.82, 2.24) is 4.57 Å². The summed E-state index contributed by atoms with van der Waals surface area (Å²) in [5.74, 6) is 0. The summed E-state index contributed by atoms with van der Waals surface area (Å²) < 4.78 is 25.1. The van der Waals surface area contributed by atoms with Gasteiger partial charge in [-0.2, -0.15) is 0 Å². The van der Waals surface area contributed by atoms with Gasteiger partial charge in [0, 0.05) is 25.3 Å². The van der Waals surface area contributed by atoms with Crippen molar-refractivity contribution >= 4 is 23.9 Å². The summed E-state index contributed by atoms with van der Waals surface area (Å²) in [6.07, 6.45) is 0. The summed E-state index contributed by atoms with van der Waals surface area (Å²) in [6.45, 7) is 0. The summed E-state index contributed by atoms with van der Waals surface area (Å²) in [7, 11) is -0.546. The average Bonchev–Trinajstić information content (AvgIpc) is 2.95. The quantitative estimate of drug-likeness (QED) is 0.689. The summed E-state index contributed by atoms with van der Waals surface area (Å²) in [6, 6.07) is 19.5. The highest BCUT2D eigenvalue weighted by Crippen LogP contribution is 2.46. The predicted molar refractivity (Wildman–Crippen MR) is 84.5 cm³/mol. The van der Waals surface area contributed by atoms with Gasteiger partial charge in [0.15, 0.2) is 0 Å². The van der Waals surface area contributed by atoms with Crippen LogP contribution in [0.15, 0.2) is 60.7 Å². The smallest absolute Gasteiger partial charge is 0.308 e. The molecule has 0 unspecified atom stereocenters. The Morgan fingerprint density at radius 2 is 1.52 bits per heavy atom. The number of aromatic nitrogens is 1. The largest absolute Gasteiger partial charge is 0.377 e. The molecule has 1 heterocycles. The van der Waals surface area contributed by atoms with E-state index in [0.717, 1.165) is 16.6 Å². The van der Waals surface area contributed by atoms with Crippen LogP contribution in [0.4, 0.5) is 0 Å². The van der Waals surface area contributed by atoms with Crippen molar-refractivity contribution < 1.29 is 13.6 Å². The molecule has 21 heavy (non-hydrogen) atoms. The second kappa shape index (κ2) is 5.49. The molecular formula is C16H16NO3P. The van der Waals surface area contributed by atoms with Crippen molar-refractivity contribution in [1.29, 1.82) is 0 Å². The number of hydrogen-bond donors (Lipinski definition) is 0. The Morgan fingerprint density at radius 1 is 0.905 bits per heavy atom. The van der Waals surface area contributed by atoms with Crippen LogP contribution in [-0.4, -0.2) is 18.8 Å². The lowest BCUT2D eigenvalue weighted by atomic mass is 10.2. The van der Waals surface area contributed by atoms with Crippen LogP contribution >= 0.6 is 7.60 Å². The molecule has 0 saturated carbocycles. The zero-order valence-corrected chi connectivity index (χ0v) is 12.8. The first kappa shape index (κ1) is 14.1. The molecule has 0 fully saturated rings. The van der Waals surface area contributed by atoms with Crippen molar-refractivity contribution in [3.63, 3.8) is 0 Å². The molecule has 0 radical (unpaired) electrons. The van der Waals surface area contributed by atoms with Crippen molar-refractivity contribution in [2.75, 3.05) is 14.2 Å². The first-order chi connectivity index (χ1) is 10.2. The standard InChI is InChI=1S/C16H16NO3P/c1-19-21(18,20-2)16-12-13-8-6-7-11-15(13)17(16)14-9-4-3-5-10-14/h3-12H,1-2H3. The van der Waals surface area contributed by atoms with Crippen molar-refractivity contribution in [2.45, 2.75) is 0 Å². The van der Waals surface area contributed by atoms with E-state index in [1.807, 2.05) is 65.2 Å². The molecule has 0 aliphatic heterocycles. The molecular weight excluding hydrogens is 285 g/mol. The van der Waals surface area contributed by atoms with Crippen LogP contribution in [0.25, 0.3) is 16.6 Å². The van der Waals surface area contributed by atoms with Crippen molar-refractivity contribution in [2.24, 2.45) is 0 Å². The average molecular weight is 301 g/mol. The van der Waals surface area contributed by atoms with Gasteiger partial charge in [0.1, 0.15) is 5.44 Å². The maximum atomic E-state index is 12.9. The minimum atomic E-state index is -3.35. The highest BCUT2D eigenvalue weighted by Gasteiger charge is 2.30. The van der Waals surface area contributed by atoms with Gasteiger partial charge in [0.05, 0.1) is 5.52 Å². The molecule has 0 aliphatic carbocycles. The van der Waals surface area contributed by atoms with E-state index in [2.05, 4.69) is 0 Å². The molecule has 0 saturated heterocycles. The Balaban J connectivity index is 2.37. The van der Waals surface area contributed by atoms with E-state index in [-0.39, 0.29) is 0 Å². The lowest BCUT2D eigenvalue weighted by molar-refractivity contribution is 0.286.